The van der Waals surface area contributed by atoms with Crippen LogP contribution in [0.15, 0.2) is 24.3 Å². The van der Waals surface area contributed by atoms with Gasteiger partial charge in [0.15, 0.2) is 14.1 Å². The molecule has 0 unspecified atom stereocenters. The van der Waals surface area contributed by atoms with Gasteiger partial charge in [0.1, 0.15) is 0 Å². The van der Waals surface area contributed by atoms with Gasteiger partial charge >= 0.3 is 5.97 Å². The van der Waals surface area contributed by atoms with Crippen LogP contribution in [0.4, 0.5) is 0 Å². The zero-order chi connectivity index (χ0) is 26.2. The molecule has 0 aliphatic carbocycles. The smallest absolute Gasteiger partial charge is 0.305 e. The highest BCUT2D eigenvalue weighted by atomic mass is 28.4. The Bertz CT molecular complexity index is 629. The quantitative estimate of drug-likeness (QED) is 0.0806. The topological polar surface area (TPSA) is 54.0 Å². The Kier molecular flexibility index (Phi) is 15.3. The summed E-state index contributed by atoms with van der Waals surface area (Å²) in [7, 11) is -0.465. The molecule has 1 rings (SSSR count). The summed E-state index contributed by atoms with van der Waals surface area (Å²) in [6.07, 6.45) is 21.1. The van der Waals surface area contributed by atoms with Crippen LogP contribution in [-0.2, 0) is 23.4 Å². The SMILES string of the molecule is CCCCCCCCC1(CC/C=C/C=C\[C@H](CCCC(=O)OC)O[Si](C)(C)C(C)(C)C)OCCO1. The lowest BCUT2D eigenvalue weighted by molar-refractivity contribution is -0.167. The number of hydrogen-bond donors (Lipinski definition) is 0. The summed E-state index contributed by atoms with van der Waals surface area (Å²) in [4.78, 5) is 11.5. The van der Waals surface area contributed by atoms with Crippen molar-refractivity contribution in [3.05, 3.63) is 24.3 Å². The molecule has 1 saturated heterocycles. The minimum absolute atomic E-state index is 0.00532. The Morgan fingerprint density at radius 3 is 2.29 bits per heavy atom. The molecule has 0 aromatic heterocycles. The fourth-order valence-corrected chi connectivity index (χ4v) is 5.36. The number of carbonyl (C=O) groups is 1. The van der Waals surface area contributed by atoms with Crippen molar-refractivity contribution < 1.29 is 23.4 Å². The lowest BCUT2D eigenvalue weighted by Crippen LogP contribution is -2.43. The van der Waals surface area contributed by atoms with Crippen molar-refractivity contribution in [2.45, 2.75) is 135 Å². The fourth-order valence-electron chi connectivity index (χ4n) is 4.05. The van der Waals surface area contributed by atoms with Crippen molar-refractivity contribution in [1.29, 1.82) is 0 Å². The average Bonchev–Trinajstić information content (AvgIpc) is 3.26. The van der Waals surface area contributed by atoms with E-state index in [0.717, 1.165) is 32.1 Å². The summed E-state index contributed by atoms with van der Waals surface area (Å²) in [6, 6.07) is 0. The predicted octanol–water partition coefficient (Wildman–Crippen LogP) is 8.11. The highest BCUT2D eigenvalue weighted by molar-refractivity contribution is 6.74. The molecule has 0 spiro atoms. The minimum atomic E-state index is -1.91. The number of esters is 1. The van der Waals surface area contributed by atoms with E-state index in [1.807, 2.05) is 0 Å². The molecule has 0 bridgehead atoms. The molecule has 1 fully saturated rings. The summed E-state index contributed by atoms with van der Waals surface area (Å²) in [5, 5.41) is 0.142. The van der Waals surface area contributed by atoms with Crippen molar-refractivity contribution in [3.63, 3.8) is 0 Å². The number of carbonyl (C=O) groups excluding carboxylic acids is 1. The van der Waals surface area contributed by atoms with Gasteiger partial charge in [-0.05, 0) is 43.8 Å². The van der Waals surface area contributed by atoms with Gasteiger partial charge in [-0.25, -0.2) is 0 Å². The van der Waals surface area contributed by atoms with Crippen molar-refractivity contribution >= 4 is 14.3 Å². The van der Waals surface area contributed by atoms with Gasteiger partial charge < -0.3 is 18.6 Å². The normalized spacial score (nSPS) is 17.5. The van der Waals surface area contributed by atoms with Crippen LogP contribution in [0.5, 0.6) is 0 Å². The third-order valence-electron chi connectivity index (χ3n) is 7.34. The first-order valence-electron chi connectivity index (χ1n) is 13.9. The molecule has 35 heavy (non-hydrogen) atoms. The van der Waals surface area contributed by atoms with E-state index in [2.05, 4.69) is 65.1 Å². The Hall–Kier alpha value is -0.953. The summed E-state index contributed by atoms with van der Waals surface area (Å²) in [5.74, 6) is -0.549. The van der Waals surface area contributed by atoms with Crippen LogP contribution < -0.4 is 0 Å². The second-order valence-electron chi connectivity index (χ2n) is 11.4. The molecule has 0 N–H and O–H groups in total. The van der Waals surface area contributed by atoms with Crippen LogP contribution in [0.3, 0.4) is 0 Å². The summed E-state index contributed by atoms with van der Waals surface area (Å²) in [6.45, 7) is 15.0. The summed E-state index contributed by atoms with van der Waals surface area (Å²) in [5.41, 5.74) is 0. The molecule has 0 saturated carbocycles. The molecule has 204 valence electrons. The molecule has 6 heteroatoms. The largest absolute Gasteiger partial charge is 0.469 e. The van der Waals surface area contributed by atoms with Crippen molar-refractivity contribution in [2.75, 3.05) is 20.3 Å². The number of rotatable bonds is 18. The van der Waals surface area contributed by atoms with E-state index in [4.69, 9.17) is 18.6 Å². The maximum Gasteiger partial charge on any atom is 0.305 e. The third-order valence-corrected chi connectivity index (χ3v) is 11.8. The standard InChI is InChI=1S/C29H54O5Si/c1-8-9-10-11-13-16-22-29(32-24-25-33-29)23-17-14-12-15-19-26(20-18-21-27(30)31-5)34-35(6,7)28(2,3)4/h12,14-15,19,26H,8-11,13,16-18,20-25H2,1-7H3/b14-12+,19-15-/t26-/m1/s1. The van der Waals surface area contributed by atoms with E-state index in [0.29, 0.717) is 19.6 Å². The van der Waals surface area contributed by atoms with Crippen molar-refractivity contribution in [3.8, 4) is 0 Å². The van der Waals surface area contributed by atoms with Crippen LogP contribution >= 0.6 is 0 Å². The van der Waals surface area contributed by atoms with E-state index in [1.165, 1.54) is 45.6 Å². The summed E-state index contributed by atoms with van der Waals surface area (Å²) < 4.78 is 23.5. The molecular formula is C29H54O5Si. The predicted molar refractivity (Wildman–Crippen MR) is 148 cm³/mol. The molecule has 0 radical (unpaired) electrons. The van der Waals surface area contributed by atoms with Crippen LogP contribution in [0, 0.1) is 0 Å². The van der Waals surface area contributed by atoms with Gasteiger partial charge in [0.2, 0.25) is 0 Å². The van der Waals surface area contributed by atoms with E-state index >= 15 is 0 Å². The van der Waals surface area contributed by atoms with Gasteiger partial charge in [-0.3, -0.25) is 4.79 Å². The Labute approximate surface area is 217 Å². The number of allylic oxidation sites excluding steroid dienone is 3. The zero-order valence-corrected chi connectivity index (χ0v) is 24.8. The Morgan fingerprint density at radius 2 is 1.66 bits per heavy atom. The first kappa shape index (κ1) is 32.1. The Morgan fingerprint density at radius 1 is 1.00 bits per heavy atom. The second-order valence-corrected chi connectivity index (χ2v) is 16.1. The van der Waals surface area contributed by atoms with Gasteiger partial charge in [-0.1, -0.05) is 84.1 Å². The van der Waals surface area contributed by atoms with Gasteiger partial charge in [0.05, 0.1) is 26.4 Å². The van der Waals surface area contributed by atoms with Crippen LogP contribution in [-0.4, -0.2) is 46.5 Å². The number of unbranched alkanes of at least 4 members (excludes halogenated alkanes) is 5. The van der Waals surface area contributed by atoms with E-state index < -0.39 is 8.32 Å². The second kappa shape index (κ2) is 16.7. The molecule has 1 aliphatic rings. The van der Waals surface area contributed by atoms with Gasteiger partial charge in [0, 0.05) is 19.3 Å². The highest BCUT2D eigenvalue weighted by Gasteiger charge is 2.38. The van der Waals surface area contributed by atoms with E-state index in [-0.39, 0.29) is 22.9 Å². The van der Waals surface area contributed by atoms with E-state index in [9.17, 15) is 4.79 Å². The molecule has 1 heterocycles. The Balaban J connectivity index is 2.56. The molecule has 0 aromatic rings. The van der Waals surface area contributed by atoms with E-state index in [1.54, 1.807) is 0 Å². The minimum Gasteiger partial charge on any atom is -0.469 e. The molecule has 1 atom stereocenters. The fraction of sp³-hybridized carbons (Fsp3) is 0.828. The van der Waals surface area contributed by atoms with Crippen LogP contribution in [0.1, 0.15) is 105 Å². The lowest BCUT2D eigenvalue weighted by Gasteiger charge is -2.38. The first-order valence-corrected chi connectivity index (χ1v) is 16.8. The van der Waals surface area contributed by atoms with Crippen LogP contribution in [0.25, 0.3) is 0 Å². The lowest BCUT2D eigenvalue weighted by atomic mass is 10.0. The van der Waals surface area contributed by atoms with Gasteiger partial charge in [0.25, 0.3) is 0 Å². The van der Waals surface area contributed by atoms with Crippen LogP contribution in [0.2, 0.25) is 18.1 Å². The molecule has 0 amide bonds. The van der Waals surface area contributed by atoms with Crippen molar-refractivity contribution in [2.24, 2.45) is 0 Å². The molecule has 1 aliphatic heterocycles. The van der Waals surface area contributed by atoms with Crippen molar-refractivity contribution in [1.82, 2.24) is 0 Å². The number of methoxy groups -OCH3 is 1. The van der Waals surface area contributed by atoms with Gasteiger partial charge in [-0.2, -0.15) is 0 Å². The summed E-state index contributed by atoms with van der Waals surface area (Å²) >= 11 is 0. The molecule has 5 nitrogen and oxygen atoms in total. The monoisotopic (exact) mass is 510 g/mol. The zero-order valence-electron chi connectivity index (χ0n) is 23.8. The van der Waals surface area contributed by atoms with Gasteiger partial charge in [-0.15, -0.1) is 0 Å². The highest BCUT2D eigenvalue weighted by Crippen LogP contribution is 2.38. The molecular weight excluding hydrogens is 456 g/mol. The molecule has 0 aromatic carbocycles. The first-order chi connectivity index (χ1) is 16.6. The maximum absolute atomic E-state index is 11.5. The maximum atomic E-state index is 11.5. The average molecular weight is 511 g/mol. The third kappa shape index (κ3) is 13.2. The number of ether oxygens (including phenoxy) is 3. The number of hydrogen-bond acceptors (Lipinski definition) is 5.